The standard InChI is InChI=1S/C18H23ClO4/c1-18(2,3)14-9-7-12(8-10-14)16(20)22-23-17(21)13-5-4-6-15(19)11-13/h4-6,11-12,14H,7-10H2,1-3H3/t12-,14-. The maximum absolute atomic E-state index is 12.0. The molecule has 0 unspecified atom stereocenters. The van der Waals surface area contributed by atoms with Crippen LogP contribution in [0.3, 0.4) is 0 Å². The minimum atomic E-state index is -0.718. The number of hydrogen-bond acceptors (Lipinski definition) is 4. The van der Waals surface area contributed by atoms with Crippen LogP contribution in [0.5, 0.6) is 0 Å². The summed E-state index contributed by atoms with van der Waals surface area (Å²) in [6.07, 6.45) is 3.53. The fraction of sp³-hybridized carbons (Fsp3) is 0.556. The van der Waals surface area contributed by atoms with Gasteiger partial charge in [-0.05, 0) is 55.2 Å². The number of halogens is 1. The molecule has 0 aromatic heterocycles. The van der Waals surface area contributed by atoms with Crippen LogP contribution < -0.4 is 0 Å². The van der Waals surface area contributed by atoms with Crippen molar-refractivity contribution in [2.45, 2.75) is 46.5 Å². The smallest absolute Gasteiger partial charge is 0.247 e. The molecule has 0 atom stereocenters. The molecule has 1 aliphatic rings. The van der Waals surface area contributed by atoms with Crippen LogP contribution in [-0.4, -0.2) is 11.9 Å². The summed E-state index contributed by atoms with van der Waals surface area (Å²) in [7, 11) is 0. The van der Waals surface area contributed by atoms with Gasteiger partial charge in [-0.1, -0.05) is 38.4 Å². The molecule has 0 amide bonds. The van der Waals surface area contributed by atoms with Crippen LogP contribution in [0.2, 0.25) is 5.02 Å². The highest BCUT2D eigenvalue weighted by Gasteiger charge is 2.33. The second-order valence-corrected chi connectivity index (χ2v) is 7.63. The molecule has 0 N–H and O–H groups in total. The molecule has 1 fully saturated rings. The lowest BCUT2D eigenvalue weighted by atomic mass is 9.70. The Morgan fingerprint density at radius 1 is 1.09 bits per heavy atom. The van der Waals surface area contributed by atoms with Crippen molar-refractivity contribution in [2.75, 3.05) is 0 Å². The van der Waals surface area contributed by atoms with Gasteiger partial charge in [-0.15, -0.1) is 0 Å². The first-order chi connectivity index (χ1) is 10.8. The van der Waals surface area contributed by atoms with E-state index in [1.807, 2.05) is 0 Å². The summed E-state index contributed by atoms with van der Waals surface area (Å²) in [5.74, 6) is -0.765. The molecule has 1 saturated carbocycles. The monoisotopic (exact) mass is 338 g/mol. The highest BCUT2D eigenvalue weighted by molar-refractivity contribution is 6.30. The van der Waals surface area contributed by atoms with E-state index in [0.29, 0.717) is 10.9 Å². The molecule has 0 heterocycles. The summed E-state index contributed by atoms with van der Waals surface area (Å²) in [5.41, 5.74) is 0.509. The number of carbonyl (C=O) groups excluding carboxylic acids is 2. The molecular formula is C18H23ClO4. The summed E-state index contributed by atoms with van der Waals surface area (Å²) in [5, 5.41) is 0.422. The fourth-order valence-corrected chi connectivity index (χ4v) is 3.20. The van der Waals surface area contributed by atoms with Crippen molar-refractivity contribution < 1.29 is 19.4 Å². The van der Waals surface area contributed by atoms with Crippen molar-refractivity contribution in [3.8, 4) is 0 Å². The lowest BCUT2D eigenvalue weighted by Crippen LogP contribution is -2.30. The van der Waals surface area contributed by atoms with E-state index < -0.39 is 11.9 Å². The number of rotatable bonds is 2. The highest BCUT2D eigenvalue weighted by atomic mass is 35.5. The van der Waals surface area contributed by atoms with Crippen molar-refractivity contribution in [3.05, 3.63) is 34.9 Å². The first-order valence-corrected chi connectivity index (χ1v) is 8.33. The lowest BCUT2D eigenvalue weighted by molar-refractivity contribution is -0.239. The number of benzene rings is 1. The molecule has 0 saturated heterocycles. The van der Waals surface area contributed by atoms with Crippen molar-refractivity contribution >= 4 is 23.5 Å². The molecular weight excluding hydrogens is 316 g/mol. The minimum absolute atomic E-state index is 0.194. The second-order valence-electron chi connectivity index (χ2n) is 7.20. The van der Waals surface area contributed by atoms with Crippen LogP contribution >= 0.6 is 11.6 Å². The Hall–Kier alpha value is -1.55. The van der Waals surface area contributed by atoms with Gasteiger partial charge >= 0.3 is 11.9 Å². The third-order valence-electron chi connectivity index (χ3n) is 4.55. The zero-order chi connectivity index (χ0) is 17.0. The Kier molecular flexibility index (Phi) is 5.69. The summed E-state index contributed by atoms with van der Waals surface area (Å²) < 4.78 is 0. The maximum Gasteiger partial charge on any atom is 0.386 e. The van der Waals surface area contributed by atoms with Crippen LogP contribution in [0, 0.1) is 17.3 Å². The summed E-state index contributed by atoms with van der Waals surface area (Å²) in [6.45, 7) is 6.68. The van der Waals surface area contributed by atoms with Crippen molar-refractivity contribution in [1.29, 1.82) is 0 Å². The Balaban J connectivity index is 1.81. The fourth-order valence-electron chi connectivity index (χ4n) is 3.01. The van der Waals surface area contributed by atoms with E-state index in [0.717, 1.165) is 25.7 Å². The van der Waals surface area contributed by atoms with E-state index >= 15 is 0 Å². The number of carbonyl (C=O) groups is 2. The Morgan fingerprint density at radius 3 is 2.30 bits per heavy atom. The normalized spacial score (nSPS) is 21.6. The first-order valence-electron chi connectivity index (χ1n) is 7.95. The molecule has 2 rings (SSSR count). The SMILES string of the molecule is CC(C)(C)[C@H]1CC[C@H](C(=O)OOC(=O)c2cccc(Cl)c2)CC1. The van der Waals surface area contributed by atoms with E-state index in [9.17, 15) is 9.59 Å². The van der Waals surface area contributed by atoms with Crippen molar-refractivity contribution in [2.24, 2.45) is 17.3 Å². The molecule has 0 spiro atoms. The van der Waals surface area contributed by atoms with E-state index in [4.69, 9.17) is 16.5 Å². The molecule has 126 valence electrons. The lowest BCUT2D eigenvalue weighted by Gasteiger charge is -2.35. The van der Waals surface area contributed by atoms with Crippen molar-refractivity contribution in [1.82, 2.24) is 0 Å². The van der Waals surface area contributed by atoms with E-state index in [1.165, 1.54) is 6.07 Å². The molecule has 1 aliphatic carbocycles. The van der Waals surface area contributed by atoms with Gasteiger partial charge < -0.3 is 0 Å². The Bertz CT molecular complexity index is 569. The molecule has 1 aromatic rings. The van der Waals surface area contributed by atoms with Gasteiger partial charge in [0.05, 0.1) is 11.5 Å². The molecule has 0 bridgehead atoms. The van der Waals surface area contributed by atoms with Gasteiger partial charge in [-0.3, -0.25) is 0 Å². The molecule has 23 heavy (non-hydrogen) atoms. The predicted molar refractivity (Wildman–Crippen MR) is 87.9 cm³/mol. The first kappa shape index (κ1) is 17.8. The van der Waals surface area contributed by atoms with Crippen LogP contribution in [-0.2, 0) is 14.6 Å². The molecule has 1 aromatic carbocycles. The van der Waals surface area contributed by atoms with Crippen LogP contribution in [0.25, 0.3) is 0 Å². The van der Waals surface area contributed by atoms with Gasteiger partial charge in [-0.2, -0.15) is 0 Å². The zero-order valence-electron chi connectivity index (χ0n) is 13.8. The number of hydrogen-bond donors (Lipinski definition) is 0. The van der Waals surface area contributed by atoms with Gasteiger partial charge in [0.1, 0.15) is 0 Å². The van der Waals surface area contributed by atoms with Crippen LogP contribution in [0.15, 0.2) is 24.3 Å². The van der Waals surface area contributed by atoms with Gasteiger partial charge in [0, 0.05) is 5.02 Å². The minimum Gasteiger partial charge on any atom is -0.247 e. The second kappa shape index (κ2) is 7.35. The molecule has 0 radical (unpaired) electrons. The predicted octanol–water partition coefficient (Wildman–Crippen LogP) is 4.81. The summed E-state index contributed by atoms with van der Waals surface area (Å²) in [6, 6.07) is 6.30. The zero-order valence-corrected chi connectivity index (χ0v) is 14.6. The van der Waals surface area contributed by atoms with Gasteiger partial charge in [0.15, 0.2) is 0 Å². The average molecular weight is 339 g/mol. The van der Waals surface area contributed by atoms with E-state index in [-0.39, 0.29) is 16.9 Å². The highest BCUT2D eigenvalue weighted by Crippen LogP contribution is 2.40. The quantitative estimate of drug-likeness (QED) is 0.573. The van der Waals surface area contributed by atoms with Crippen LogP contribution in [0.4, 0.5) is 0 Å². The van der Waals surface area contributed by atoms with Gasteiger partial charge in [-0.25, -0.2) is 19.4 Å². The van der Waals surface area contributed by atoms with Gasteiger partial charge in [0.2, 0.25) is 0 Å². The Morgan fingerprint density at radius 2 is 1.74 bits per heavy atom. The third-order valence-corrected chi connectivity index (χ3v) is 4.78. The summed E-state index contributed by atoms with van der Waals surface area (Å²) in [4.78, 5) is 33.2. The molecule has 4 nitrogen and oxygen atoms in total. The van der Waals surface area contributed by atoms with Crippen LogP contribution in [0.1, 0.15) is 56.8 Å². The average Bonchev–Trinajstić information content (AvgIpc) is 2.51. The molecule has 0 aliphatic heterocycles. The Labute approximate surface area is 142 Å². The van der Waals surface area contributed by atoms with Gasteiger partial charge in [0.25, 0.3) is 0 Å². The van der Waals surface area contributed by atoms with E-state index in [1.54, 1.807) is 18.2 Å². The third kappa shape index (κ3) is 4.96. The summed E-state index contributed by atoms with van der Waals surface area (Å²) >= 11 is 5.81. The maximum atomic E-state index is 12.0. The largest absolute Gasteiger partial charge is 0.386 e. The van der Waals surface area contributed by atoms with Crippen molar-refractivity contribution in [3.63, 3.8) is 0 Å². The molecule has 5 heteroatoms. The van der Waals surface area contributed by atoms with E-state index in [2.05, 4.69) is 25.7 Å². The topological polar surface area (TPSA) is 52.6 Å².